The summed E-state index contributed by atoms with van der Waals surface area (Å²) in [4.78, 5) is 0. The Kier molecular flexibility index (Phi) is 2.99. The van der Waals surface area contributed by atoms with Crippen LogP contribution in [0, 0.1) is 22.7 Å². The summed E-state index contributed by atoms with van der Waals surface area (Å²) in [6.07, 6.45) is 0. The Hall–Kier alpha value is -2.26. The zero-order chi connectivity index (χ0) is 14.3. The highest BCUT2D eigenvalue weighted by atomic mass is 35.5. The molecule has 2 nitrogen and oxygen atoms in total. The van der Waals surface area contributed by atoms with Crippen molar-refractivity contribution in [1.29, 1.82) is 10.5 Å². The fourth-order valence-electron chi connectivity index (χ4n) is 2.51. The fourth-order valence-corrected chi connectivity index (χ4v) is 3.11. The predicted molar refractivity (Wildman–Crippen MR) is 79.1 cm³/mol. The van der Waals surface area contributed by atoms with E-state index in [9.17, 15) is 10.5 Å². The maximum absolute atomic E-state index is 9.18. The summed E-state index contributed by atoms with van der Waals surface area (Å²) in [6, 6.07) is 14.9. The van der Waals surface area contributed by atoms with Crippen molar-refractivity contribution in [1.82, 2.24) is 0 Å². The molecule has 0 spiro atoms. The van der Waals surface area contributed by atoms with Crippen molar-refractivity contribution >= 4 is 28.8 Å². The quantitative estimate of drug-likeness (QED) is 0.558. The molecule has 0 unspecified atom stereocenters. The number of hydrogen-bond donors (Lipinski definition) is 0. The first-order valence-corrected chi connectivity index (χ1v) is 6.56. The normalized spacial score (nSPS) is 11.3. The molecular weight excluding hydrogens is 291 g/mol. The zero-order valence-electron chi connectivity index (χ0n) is 10.1. The molecule has 94 valence electrons. The third-order valence-electron chi connectivity index (χ3n) is 3.26. The molecule has 0 saturated carbocycles. The van der Waals surface area contributed by atoms with Gasteiger partial charge in [0.25, 0.3) is 0 Å². The van der Waals surface area contributed by atoms with Crippen LogP contribution in [0.2, 0.25) is 10.0 Å². The van der Waals surface area contributed by atoms with Crippen molar-refractivity contribution in [3.63, 3.8) is 0 Å². The van der Waals surface area contributed by atoms with Crippen LogP contribution in [0.3, 0.4) is 0 Å². The second-order valence-electron chi connectivity index (χ2n) is 4.33. The maximum Gasteiger partial charge on any atom is 0.138 e. The molecule has 1 aliphatic carbocycles. The van der Waals surface area contributed by atoms with Crippen molar-refractivity contribution in [3.8, 4) is 23.3 Å². The van der Waals surface area contributed by atoms with E-state index in [4.69, 9.17) is 23.2 Å². The molecule has 3 rings (SSSR count). The van der Waals surface area contributed by atoms with Gasteiger partial charge in [-0.05, 0) is 28.8 Å². The van der Waals surface area contributed by atoms with E-state index in [1.807, 2.05) is 36.4 Å². The number of hydrogen-bond acceptors (Lipinski definition) is 2. The molecule has 1 aliphatic rings. The summed E-state index contributed by atoms with van der Waals surface area (Å²) in [5, 5.41) is 19.4. The number of halogens is 2. The molecule has 0 aromatic heterocycles. The van der Waals surface area contributed by atoms with E-state index in [0.717, 1.165) is 22.3 Å². The van der Waals surface area contributed by atoms with E-state index in [0.29, 0.717) is 15.6 Å². The Balaban J connectivity index is 2.52. The van der Waals surface area contributed by atoms with Crippen LogP contribution in [0.4, 0.5) is 0 Å². The minimum atomic E-state index is 0.0644. The van der Waals surface area contributed by atoms with E-state index in [2.05, 4.69) is 0 Å². The van der Waals surface area contributed by atoms with Crippen LogP contribution in [-0.4, -0.2) is 0 Å². The fraction of sp³-hybridized carbons (Fsp3) is 0. The van der Waals surface area contributed by atoms with E-state index >= 15 is 0 Å². The molecule has 20 heavy (non-hydrogen) atoms. The van der Waals surface area contributed by atoms with Crippen LogP contribution >= 0.6 is 23.2 Å². The first kappa shape index (κ1) is 12.8. The Bertz CT molecular complexity index is 836. The van der Waals surface area contributed by atoms with Crippen LogP contribution in [-0.2, 0) is 0 Å². The number of nitrogens with zero attached hydrogens (tertiary/aromatic N) is 2. The number of rotatable bonds is 0. The van der Waals surface area contributed by atoms with Gasteiger partial charge in [0.15, 0.2) is 0 Å². The molecule has 0 saturated heterocycles. The lowest BCUT2D eigenvalue weighted by atomic mass is 9.99. The van der Waals surface area contributed by atoms with Gasteiger partial charge in [-0.25, -0.2) is 0 Å². The van der Waals surface area contributed by atoms with Crippen LogP contribution < -0.4 is 0 Å². The van der Waals surface area contributed by atoms with Gasteiger partial charge >= 0.3 is 0 Å². The first-order chi connectivity index (χ1) is 9.67. The minimum absolute atomic E-state index is 0.0644. The molecule has 0 fully saturated rings. The van der Waals surface area contributed by atoms with E-state index in [1.54, 1.807) is 12.1 Å². The van der Waals surface area contributed by atoms with Crippen molar-refractivity contribution < 1.29 is 0 Å². The third-order valence-corrected chi connectivity index (χ3v) is 3.78. The minimum Gasteiger partial charge on any atom is -0.192 e. The smallest absolute Gasteiger partial charge is 0.138 e. The van der Waals surface area contributed by atoms with Gasteiger partial charge in [-0.1, -0.05) is 47.5 Å². The summed E-state index contributed by atoms with van der Waals surface area (Å²) in [7, 11) is 0. The molecule has 0 heterocycles. The molecule has 2 aromatic carbocycles. The summed E-state index contributed by atoms with van der Waals surface area (Å²) < 4.78 is 0. The molecule has 0 bridgehead atoms. The van der Waals surface area contributed by atoms with Gasteiger partial charge < -0.3 is 0 Å². The average Bonchev–Trinajstić information content (AvgIpc) is 2.75. The number of allylic oxidation sites excluding steroid dienone is 1. The highest BCUT2D eigenvalue weighted by molar-refractivity contribution is 6.38. The maximum atomic E-state index is 9.18. The van der Waals surface area contributed by atoms with Crippen LogP contribution in [0.25, 0.3) is 16.7 Å². The Morgan fingerprint density at radius 2 is 1.55 bits per heavy atom. The zero-order valence-corrected chi connectivity index (χ0v) is 11.6. The van der Waals surface area contributed by atoms with Crippen molar-refractivity contribution in [2.24, 2.45) is 0 Å². The summed E-state index contributed by atoms with van der Waals surface area (Å²) in [6.45, 7) is 0. The molecule has 0 aliphatic heterocycles. The number of nitriles is 2. The standard InChI is InChI=1S/C16H6Cl2N2/c17-10-5-13-15(9(7-19)8-20)11-3-1-2-4-12(11)16(13)14(18)6-10/h1-6H. The highest BCUT2D eigenvalue weighted by Crippen LogP contribution is 2.49. The topological polar surface area (TPSA) is 47.6 Å². The van der Waals surface area contributed by atoms with Crippen LogP contribution in [0.1, 0.15) is 11.1 Å². The molecule has 0 amide bonds. The second kappa shape index (κ2) is 4.69. The van der Waals surface area contributed by atoms with Gasteiger partial charge in [0.2, 0.25) is 0 Å². The van der Waals surface area contributed by atoms with E-state index in [-0.39, 0.29) is 5.57 Å². The van der Waals surface area contributed by atoms with Gasteiger partial charge in [0.1, 0.15) is 17.7 Å². The molecule has 0 radical (unpaired) electrons. The molecule has 0 N–H and O–H groups in total. The lowest BCUT2D eigenvalue weighted by Crippen LogP contribution is -1.87. The lowest BCUT2D eigenvalue weighted by molar-refractivity contribution is 1.46. The summed E-state index contributed by atoms with van der Waals surface area (Å²) in [5.74, 6) is 0. The number of fused-ring (bicyclic) bond motifs is 3. The monoisotopic (exact) mass is 296 g/mol. The van der Waals surface area contributed by atoms with Gasteiger partial charge in [0.05, 0.1) is 5.02 Å². The van der Waals surface area contributed by atoms with Crippen LogP contribution in [0.15, 0.2) is 42.0 Å². The Morgan fingerprint density at radius 1 is 0.900 bits per heavy atom. The molecule has 4 heteroatoms. The van der Waals surface area contributed by atoms with Crippen molar-refractivity contribution in [3.05, 3.63) is 63.1 Å². The lowest BCUT2D eigenvalue weighted by Gasteiger charge is -2.04. The SMILES string of the molecule is N#CC(C#N)=C1c2ccccc2-c2c(Cl)cc(Cl)cc21. The van der Waals surface area contributed by atoms with E-state index < -0.39 is 0 Å². The molecule has 0 atom stereocenters. The van der Waals surface area contributed by atoms with Gasteiger partial charge in [-0.3, -0.25) is 0 Å². The predicted octanol–water partition coefficient (Wildman–Crippen LogP) is 4.82. The summed E-state index contributed by atoms with van der Waals surface area (Å²) >= 11 is 12.3. The van der Waals surface area contributed by atoms with E-state index in [1.165, 1.54) is 0 Å². The highest BCUT2D eigenvalue weighted by Gasteiger charge is 2.28. The molecule has 2 aromatic rings. The summed E-state index contributed by atoms with van der Waals surface area (Å²) in [5.41, 5.74) is 3.98. The van der Waals surface area contributed by atoms with Crippen molar-refractivity contribution in [2.75, 3.05) is 0 Å². The average molecular weight is 297 g/mol. The number of benzene rings is 2. The Morgan fingerprint density at radius 3 is 2.20 bits per heavy atom. The van der Waals surface area contributed by atoms with Crippen molar-refractivity contribution in [2.45, 2.75) is 0 Å². The van der Waals surface area contributed by atoms with Gasteiger partial charge in [0, 0.05) is 16.2 Å². The van der Waals surface area contributed by atoms with Gasteiger partial charge in [-0.15, -0.1) is 0 Å². The third kappa shape index (κ3) is 1.71. The van der Waals surface area contributed by atoms with Crippen LogP contribution in [0.5, 0.6) is 0 Å². The van der Waals surface area contributed by atoms with Gasteiger partial charge in [-0.2, -0.15) is 10.5 Å². The Labute approximate surface area is 126 Å². The largest absolute Gasteiger partial charge is 0.192 e. The second-order valence-corrected chi connectivity index (χ2v) is 5.17. The first-order valence-electron chi connectivity index (χ1n) is 5.81. The molecular formula is C16H6Cl2N2.